The summed E-state index contributed by atoms with van der Waals surface area (Å²) in [4.78, 5) is 35.0. The van der Waals surface area contributed by atoms with E-state index in [1.165, 1.54) is 12.1 Å². The monoisotopic (exact) mass is 605 g/mol. The normalized spacial score (nSPS) is 11.6. The molecule has 0 spiro atoms. The van der Waals surface area contributed by atoms with Crippen molar-refractivity contribution in [3.63, 3.8) is 0 Å². The summed E-state index contributed by atoms with van der Waals surface area (Å²) in [7, 11) is 3.12. The second-order valence-electron chi connectivity index (χ2n) is 9.46. The average Bonchev–Trinajstić information content (AvgIpc) is 3.04. The van der Waals surface area contributed by atoms with E-state index in [0.29, 0.717) is 33.9 Å². The van der Waals surface area contributed by atoms with E-state index in [4.69, 9.17) is 24.2 Å². The van der Waals surface area contributed by atoms with Crippen LogP contribution in [0.4, 0.5) is 23.2 Å². The van der Waals surface area contributed by atoms with Gasteiger partial charge in [-0.2, -0.15) is 0 Å². The van der Waals surface area contributed by atoms with Crippen LogP contribution >= 0.6 is 0 Å². The van der Waals surface area contributed by atoms with E-state index in [0.717, 1.165) is 18.1 Å². The number of carbonyl (C=O) groups is 2. The number of halogens is 4. The molecule has 0 saturated carbocycles. The lowest BCUT2D eigenvalue weighted by Crippen LogP contribution is -2.31. The van der Waals surface area contributed by atoms with Crippen molar-refractivity contribution in [3.05, 3.63) is 102 Å². The predicted molar refractivity (Wildman–Crippen MR) is 153 cm³/mol. The quantitative estimate of drug-likeness (QED) is 0.119. The minimum Gasteiger partial charge on any atom is -0.497 e. The Morgan fingerprint density at radius 3 is 1.70 bits per heavy atom. The molecule has 44 heavy (non-hydrogen) atoms. The van der Waals surface area contributed by atoms with Crippen LogP contribution in [0.25, 0.3) is 33.5 Å². The first-order chi connectivity index (χ1) is 21.1. The molecule has 5 rings (SSSR count). The highest BCUT2D eigenvalue weighted by Gasteiger charge is 2.25. The molecule has 8 nitrogen and oxygen atoms in total. The fourth-order valence-electron chi connectivity index (χ4n) is 4.27. The summed E-state index contributed by atoms with van der Waals surface area (Å²) in [6, 6.07) is 18.8. The first kappa shape index (κ1) is 30.0. The van der Waals surface area contributed by atoms with E-state index in [1.807, 2.05) is 24.3 Å². The second kappa shape index (κ2) is 12.4. The van der Waals surface area contributed by atoms with Crippen molar-refractivity contribution in [3.8, 4) is 34.0 Å². The molecule has 1 aromatic heterocycles. The number of fused-ring (bicyclic) bond motifs is 1. The van der Waals surface area contributed by atoms with E-state index in [1.54, 1.807) is 49.9 Å². The molecule has 0 bridgehead atoms. The Labute approximate surface area is 248 Å². The van der Waals surface area contributed by atoms with Crippen LogP contribution in [0, 0.1) is 23.3 Å². The van der Waals surface area contributed by atoms with E-state index in [-0.39, 0.29) is 11.6 Å². The molecular formula is C32H23F4N3O5. The summed E-state index contributed by atoms with van der Waals surface area (Å²) in [5.41, 5.74) is 2.01. The first-order valence-electron chi connectivity index (χ1n) is 13.0. The van der Waals surface area contributed by atoms with Gasteiger partial charge in [-0.05, 0) is 73.7 Å². The molecule has 0 aliphatic heterocycles. The average molecular weight is 606 g/mol. The van der Waals surface area contributed by atoms with Crippen LogP contribution in [0.1, 0.15) is 17.3 Å². The number of rotatable bonds is 8. The molecule has 1 heterocycles. The zero-order chi connectivity index (χ0) is 31.5. The Morgan fingerprint density at radius 1 is 0.705 bits per heavy atom. The van der Waals surface area contributed by atoms with Crippen molar-refractivity contribution in [2.75, 3.05) is 19.5 Å². The van der Waals surface area contributed by atoms with Crippen molar-refractivity contribution in [1.29, 1.82) is 0 Å². The van der Waals surface area contributed by atoms with Crippen molar-refractivity contribution in [2.45, 2.75) is 13.0 Å². The topological polar surface area (TPSA) is 99.6 Å². The SMILES string of the molecule is COc1ccc(-c2nc3ccc(C(=O)OC(C)C(=O)Nc4c(F)c(F)cc(F)c4F)cc3nc2-c2ccc(OC)cc2)cc1. The maximum absolute atomic E-state index is 14.0. The van der Waals surface area contributed by atoms with Crippen LogP contribution in [0.5, 0.6) is 11.5 Å². The minimum absolute atomic E-state index is 0.00140. The number of nitrogens with one attached hydrogen (secondary N) is 1. The molecule has 224 valence electrons. The van der Waals surface area contributed by atoms with Crippen LogP contribution < -0.4 is 14.8 Å². The number of benzene rings is 4. The van der Waals surface area contributed by atoms with Gasteiger partial charge in [-0.1, -0.05) is 0 Å². The Hall–Kier alpha value is -5.52. The zero-order valence-electron chi connectivity index (χ0n) is 23.5. The first-order valence-corrected chi connectivity index (χ1v) is 13.0. The Kier molecular flexibility index (Phi) is 8.43. The van der Waals surface area contributed by atoms with E-state index in [2.05, 4.69) is 0 Å². The highest BCUT2D eigenvalue weighted by Crippen LogP contribution is 2.33. The van der Waals surface area contributed by atoms with Gasteiger partial charge in [-0.3, -0.25) is 4.79 Å². The van der Waals surface area contributed by atoms with Crippen LogP contribution in [-0.2, 0) is 9.53 Å². The van der Waals surface area contributed by atoms with Crippen molar-refractivity contribution in [1.82, 2.24) is 9.97 Å². The third-order valence-corrected chi connectivity index (χ3v) is 6.64. The predicted octanol–water partition coefficient (Wildman–Crippen LogP) is 6.72. The largest absolute Gasteiger partial charge is 0.497 e. The molecule has 0 aliphatic carbocycles. The molecule has 1 amide bonds. The lowest BCUT2D eigenvalue weighted by atomic mass is 10.0. The van der Waals surface area contributed by atoms with Gasteiger partial charge in [0.25, 0.3) is 5.91 Å². The van der Waals surface area contributed by atoms with Crippen LogP contribution in [-0.4, -0.2) is 42.2 Å². The van der Waals surface area contributed by atoms with Crippen molar-refractivity contribution < 1.29 is 41.4 Å². The smallest absolute Gasteiger partial charge is 0.338 e. The molecule has 1 unspecified atom stereocenters. The number of carbonyl (C=O) groups excluding carboxylic acids is 2. The summed E-state index contributed by atoms with van der Waals surface area (Å²) in [6.45, 7) is 1.13. The van der Waals surface area contributed by atoms with Crippen LogP contribution in [0.3, 0.4) is 0 Å². The number of hydrogen-bond acceptors (Lipinski definition) is 7. The Balaban J connectivity index is 1.45. The van der Waals surface area contributed by atoms with Gasteiger partial charge in [0.2, 0.25) is 0 Å². The number of esters is 1. The maximum atomic E-state index is 14.0. The lowest BCUT2D eigenvalue weighted by molar-refractivity contribution is -0.123. The standard InChI is InChI=1S/C32H23F4N3O5/c1-16(31(40)39-30-26(35)22(33)15-23(34)27(30)36)44-32(41)19-8-13-24-25(14-19)38-29(18-6-11-21(43-3)12-7-18)28(37-24)17-4-9-20(42-2)10-5-17/h4-16H,1-3H3,(H,39,40). The third-order valence-electron chi connectivity index (χ3n) is 6.64. The molecule has 0 radical (unpaired) electrons. The molecule has 1 atom stereocenters. The Morgan fingerprint density at radius 2 is 1.20 bits per heavy atom. The fraction of sp³-hybridized carbons (Fsp3) is 0.125. The fourth-order valence-corrected chi connectivity index (χ4v) is 4.27. The summed E-state index contributed by atoms with van der Waals surface area (Å²) in [6.07, 6.45) is -1.60. The maximum Gasteiger partial charge on any atom is 0.338 e. The minimum atomic E-state index is -1.80. The van der Waals surface area contributed by atoms with Crippen molar-refractivity contribution in [2.24, 2.45) is 0 Å². The lowest BCUT2D eigenvalue weighted by Gasteiger charge is -2.15. The molecular weight excluding hydrogens is 582 g/mol. The number of anilines is 1. The molecule has 0 aliphatic rings. The number of amides is 1. The summed E-state index contributed by atoms with van der Waals surface area (Å²) >= 11 is 0. The number of ether oxygens (including phenoxy) is 3. The van der Waals surface area contributed by atoms with Gasteiger partial charge in [0, 0.05) is 17.2 Å². The number of methoxy groups -OCH3 is 2. The number of hydrogen-bond donors (Lipinski definition) is 1. The highest BCUT2D eigenvalue weighted by molar-refractivity contribution is 5.99. The van der Waals surface area contributed by atoms with Gasteiger partial charge >= 0.3 is 5.97 Å². The molecule has 0 saturated heterocycles. The summed E-state index contributed by atoms with van der Waals surface area (Å²) in [5.74, 6) is -7.88. The molecule has 0 fully saturated rings. The second-order valence-corrected chi connectivity index (χ2v) is 9.46. The molecule has 4 aromatic carbocycles. The van der Waals surface area contributed by atoms with Gasteiger partial charge in [-0.15, -0.1) is 0 Å². The van der Waals surface area contributed by atoms with Gasteiger partial charge < -0.3 is 19.5 Å². The van der Waals surface area contributed by atoms with E-state index >= 15 is 0 Å². The molecule has 5 aromatic rings. The van der Waals surface area contributed by atoms with Crippen LogP contribution in [0.15, 0.2) is 72.8 Å². The van der Waals surface area contributed by atoms with Crippen molar-refractivity contribution >= 4 is 28.6 Å². The summed E-state index contributed by atoms with van der Waals surface area (Å²) in [5, 5.41) is 1.72. The number of aromatic nitrogens is 2. The number of nitrogens with zero attached hydrogens (tertiary/aromatic N) is 2. The summed E-state index contributed by atoms with van der Waals surface area (Å²) < 4.78 is 70.7. The Bertz CT molecular complexity index is 1860. The highest BCUT2D eigenvalue weighted by atomic mass is 19.2. The molecule has 1 N–H and O–H groups in total. The van der Waals surface area contributed by atoms with E-state index < -0.39 is 46.9 Å². The molecule has 12 heteroatoms. The zero-order valence-corrected chi connectivity index (χ0v) is 23.5. The third kappa shape index (κ3) is 6.00. The van der Waals surface area contributed by atoms with Gasteiger partial charge in [0.15, 0.2) is 29.4 Å². The van der Waals surface area contributed by atoms with E-state index in [9.17, 15) is 27.2 Å². The van der Waals surface area contributed by atoms with Crippen LogP contribution in [0.2, 0.25) is 0 Å². The van der Waals surface area contributed by atoms with Gasteiger partial charge in [0.05, 0.1) is 42.2 Å². The van der Waals surface area contributed by atoms with Gasteiger partial charge in [0.1, 0.15) is 17.2 Å². The van der Waals surface area contributed by atoms with Gasteiger partial charge in [-0.25, -0.2) is 32.3 Å².